The van der Waals surface area contributed by atoms with Gasteiger partial charge in [0.2, 0.25) is 5.91 Å². The molecule has 1 spiro atoms. The normalized spacial score (nSPS) is 35.5. The topological polar surface area (TPSA) is 78.4 Å². The number of carbonyl (C=O) groups excluding carboxylic acids is 1. The van der Waals surface area contributed by atoms with Crippen molar-refractivity contribution in [2.45, 2.75) is 51.0 Å². The largest absolute Gasteiger partial charge is 0.481 e. The quantitative estimate of drug-likeness (QED) is 0.724. The van der Waals surface area contributed by atoms with Gasteiger partial charge in [0.15, 0.2) is 0 Å². The molecule has 1 aliphatic heterocycles. The Balaban J connectivity index is 1.51. The second-order valence-corrected chi connectivity index (χ2v) is 6.78. The number of rotatable bonds is 3. The van der Waals surface area contributed by atoms with Gasteiger partial charge in [-0.2, -0.15) is 0 Å². The molecule has 3 fully saturated rings. The average molecular weight is 280 g/mol. The summed E-state index contributed by atoms with van der Waals surface area (Å²) in [6.45, 7) is 2.04. The summed E-state index contributed by atoms with van der Waals surface area (Å²) < 4.78 is 0. The molecular weight excluding hydrogens is 256 g/mol. The second kappa shape index (κ2) is 5.35. The van der Waals surface area contributed by atoms with Crippen LogP contribution in [0.1, 0.15) is 44.9 Å². The summed E-state index contributed by atoms with van der Waals surface area (Å²) in [4.78, 5) is 23.4. The summed E-state index contributed by atoms with van der Waals surface area (Å²) in [6.07, 6.45) is 6.41. The third-order valence-corrected chi connectivity index (χ3v) is 5.48. The predicted octanol–water partition coefficient (Wildman–Crippen LogP) is 1.14. The summed E-state index contributed by atoms with van der Waals surface area (Å²) in [5, 5.41) is 15.5. The van der Waals surface area contributed by atoms with Gasteiger partial charge in [-0.25, -0.2) is 0 Å². The number of hydrogen-bond acceptors (Lipinski definition) is 3. The van der Waals surface area contributed by atoms with Crippen LogP contribution >= 0.6 is 0 Å². The Morgan fingerprint density at radius 1 is 1.20 bits per heavy atom. The maximum atomic E-state index is 12.3. The van der Waals surface area contributed by atoms with E-state index in [9.17, 15) is 9.59 Å². The first-order valence-electron chi connectivity index (χ1n) is 7.85. The van der Waals surface area contributed by atoms with Gasteiger partial charge in [-0.15, -0.1) is 0 Å². The fraction of sp³-hybridized carbons (Fsp3) is 0.867. The Kier molecular flexibility index (Phi) is 3.71. The van der Waals surface area contributed by atoms with Crippen molar-refractivity contribution < 1.29 is 14.7 Å². The molecule has 1 heterocycles. The zero-order chi connectivity index (χ0) is 14.2. The first-order valence-corrected chi connectivity index (χ1v) is 7.85. The molecular formula is C15H24N2O3. The van der Waals surface area contributed by atoms with Crippen LogP contribution in [0.4, 0.5) is 0 Å². The lowest BCUT2D eigenvalue weighted by Gasteiger charge is -2.28. The number of carboxylic acids is 1. The smallest absolute Gasteiger partial charge is 0.306 e. The second-order valence-electron chi connectivity index (χ2n) is 6.78. The first kappa shape index (κ1) is 13.9. The molecule has 0 aromatic heterocycles. The number of nitrogens with one attached hydrogen (secondary N) is 2. The molecule has 1 saturated heterocycles. The lowest BCUT2D eigenvalue weighted by molar-refractivity contribution is -0.143. The SMILES string of the molecule is O=C(O)C1CCCC(NC(=O)C2CC23CCNCC3)C1. The summed E-state index contributed by atoms with van der Waals surface area (Å²) in [5.74, 6) is -0.649. The van der Waals surface area contributed by atoms with Crippen molar-refractivity contribution in [3.8, 4) is 0 Å². The van der Waals surface area contributed by atoms with E-state index in [2.05, 4.69) is 10.6 Å². The van der Waals surface area contributed by atoms with Crippen LogP contribution in [0, 0.1) is 17.3 Å². The van der Waals surface area contributed by atoms with Gasteiger partial charge in [0.25, 0.3) is 0 Å². The number of carbonyl (C=O) groups is 2. The van der Waals surface area contributed by atoms with Crippen LogP contribution in [0.25, 0.3) is 0 Å². The van der Waals surface area contributed by atoms with Gasteiger partial charge in [-0.3, -0.25) is 9.59 Å². The molecule has 0 aromatic carbocycles. The van der Waals surface area contributed by atoms with E-state index in [0.717, 1.165) is 51.6 Å². The first-order chi connectivity index (χ1) is 9.61. The summed E-state index contributed by atoms with van der Waals surface area (Å²) in [6, 6.07) is 0.0664. The van der Waals surface area contributed by atoms with Crippen LogP contribution in [0.5, 0.6) is 0 Å². The molecule has 112 valence electrons. The van der Waals surface area contributed by atoms with Crippen LogP contribution in [0.3, 0.4) is 0 Å². The fourth-order valence-electron chi connectivity index (χ4n) is 4.04. The monoisotopic (exact) mass is 280 g/mol. The van der Waals surface area contributed by atoms with E-state index in [4.69, 9.17) is 5.11 Å². The van der Waals surface area contributed by atoms with Crippen LogP contribution in [0.15, 0.2) is 0 Å². The highest BCUT2D eigenvalue weighted by molar-refractivity contribution is 5.83. The highest BCUT2D eigenvalue weighted by Crippen LogP contribution is 2.58. The van der Waals surface area contributed by atoms with E-state index >= 15 is 0 Å². The molecule has 0 aromatic rings. The van der Waals surface area contributed by atoms with Crippen LogP contribution in [0.2, 0.25) is 0 Å². The Morgan fingerprint density at radius 2 is 1.95 bits per heavy atom. The van der Waals surface area contributed by atoms with Gasteiger partial charge in [0.05, 0.1) is 5.92 Å². The van der Waals surface area contributed by atoms with E-state index < -0.39 is 5.97 Å². The van der Waals surface area contributed by atoms with Crippen molar-refractivity contribution in [2.75, 3.05) is 13.1 Å². The summed E-state index contributed by atoms with van der Waals surface area (Å²) >= 11 is 0. The lowest BCUT2D eigenvalue weighted by atomic mass is 9.85. The highest BCUT2D eigenvalue weighted by Gasteiger charge is 2.57. The van der Waals surface area contributed by atoms with Gasteiger partial charge >= 0.3 is 5.97 Å². The van der Waals surface area contributed by atoms with Gasteiger partial charge in [0, 0.05) is 12.0 Å². The maximum absolute atomic E-state index is 12.3. The highest BCUT2D eigenvalue weighted by atomic mass is 16.4. The van der Waals surface area contributed by atoms with Gasteiger partial charge in [0.1, 0.15) is 0 Å². The Hall–Kier alpha value is -1.10. The molecule has 3 unspecified atom stereocenters. The third-order valence-electron chi connectivity index (χ3n) is 5.48. The number of amides is 1. The molecule has 3 atom stereocenters. The molecule has 5 nitrogen and oxygen atoms in total. The van der Waals surface area contributed by atoms with Crippen molar-refractivity contribution >= 4 is 11.9 Å². The molecule has 5 heteroatoms. The van der Waals surface area contributed by atoms with E-state index in [1.807, 2.05) is 0 Å². The molecule has 20 heavy (non-hydrogen) atoms. The Labute approximate surface area is 119 Å². The lowest BCUT2D eigenvalue weighted by Crippen LogP contribution is -2.42. The van der Waals surface area contributed by atoms with E-state index in [0.29, 0.717) is 6.42 Å². The molecule has 3 N–H and O–H groups in total. The van der Waals surface area contributed by atoms with E-state index in [1.165, 1.54) is 0 Å². The third kappa shape index (κ3) is 2.68. The average Bonchev–Trinajstić information content (AvgIpc) is 3.13. The molecule has 1 amide bonds. The van der Waals surface area contributed by atoms with Gasteiger partial charge < -0.3 is 15.7 Å². The number of piperidine rings is 1. The molecule has 3 rings (SSSR count). The molecule has 2 aliphatic carbocycles. The Bertz CT molecular complexity index is 404. The van der Waals surface area contributed by atoms with Crippen molar-refractivity contribution in [1.82, 2.24) is 10.6 Å². The fourth-order valence-corrected chi connectivity index (χ4v) is 4.04. The van der Waals surface area contributed by atoms with Gasteiger partial charge in [-0.1, -0.05) is 6.42 Å². The molecule has 2 saturated carbocycles. The standard InChI is InChI=1S/C15H24N2O3/c18-13(12-9-15(12)4-6-16-7-5-15)17-11-3-1-2-10(8-11)14(19)20/h10-12,16H,1-9H2,(H,17,18)(H,19,20). The van der Waals surface area contributed by atoms with Crippen molar-refractivity contribution in [3.05, 3.63) is 0 Å². The van der Waals surface area contributed by atoms with E-state index in [-0.39, 0.29) is 29.2 Å². The van der Waals surface area contributed by atoms with Crippen molar-refractivity contribution in [1.29, 1.82) is 0 Å². The minimum absolute atomic E-state index is 0.0664. The molecule has 0 bridgehead atoms. The maximum Gasteiger partial charge on any atom is 0.306 e. The predicted molar refractivity (Wildman–Crippen MR) is 74.2 cm³/mol. The van der Waals surface area contributed by atoms with Crippen LogP contribution in [-0.2, 0) is 9.59 Å². The zero-order valence-electron chi connectivity index (χ0n) is 11.9. The number of aliphatic carboxylic acids is 1. The van der Waals surface area contributed by atoms with Crippen LogP contribution in [-0.4, -0.2) is 36.1 Å². The summed E-state index contributed by atoms with van der Waals surface area (Å²) in [5.41, 5.74) is 0.260. The van der Waals surface area contributed by atoms with Crippen LogP contribution < -0.4 is 10.6 Å². The molecule has 3 aliphatic rings. The van der Waals surface area contributed by atoms with Crippen molar-refractivity contribution in [2.24, 2.45) is 17.3 Å². The zero-order valence-corrected chi connectivity index (χ0v) is 11.9. The van der Waals surface area contributed by atoms with E-state index in [1.54, 1.807) is 0 Å². The summed E-state index contributed by atoms with van der Waals surface area (Å²) in [7, 11) is 0. The number of hydrogen-bond donors (Lipinski definition) is 3. The minimum atomic E-state index is -0.717. The van der Waals surface area contributed by atoms with Crippen molar-refractivity contribution in [3.63, 3.8) is 0 Å². The van der Waals surface area contributed by atoms with Gasteiger partial charge in [-0.05, 0) is 57.0 Å². The molecule has 0 radical (unpaired) electrons. The Morgan fingerprint density at radius 3 is 2.65 bits per heavy atom. The number of carboxylic acid groups (broad SMARTS) is 1. The minimum Gasteiger partial charge on any atom is -0.481 e.